The van der Waals surface area contributed by atoms with Crippen molar-refractivity contribution < 1.29 is 22.7 Å². The van der Waals surface area contributed by atoms with Gasteiger partial charge < -0.3 is 14.6 Å². The molecule has 1 amide bonds. The van der Waals surface area contributed by atoms with Crippen molar-refractivity contribution in [1.82, 2.24) is 14.9 Å². The molecule has 1 N–H and O–H groups in total. The Morgan fingerprint density at radius 1 is 1.38 bits per heavy atom. The molecule has 1 saturated heterocycles. The van der Waals surface area contributed by atoms with Crippen LogP contribution in [-0.2, 0) is 10.9 Å². The molecule has 5 nitrogen and oxygen atoms in total. The number of benzene rings is 1. The molecule has 0 saturated carbocycles. The van der Waals surface area contributed by atoms with Crippen LogP contribution in [-0.4, -0.2) is 40.5 Å². The fraction of sp³-hybridized carbons (Fsp3) is 0.375. The molecule has 1 aromatic heterocycles. The smallest absolute Gasteiger partial charge is 0.370 e. The maximum Gasteiger partial charge on any atom is 0.416 e. The van der Waals surface area contributed by atoms with Crippen molar-refractivity contribution in [2.75, 3.05) is 19.7 Å². The van der Waals surface area contributed by atoms with Crippen LogP contribution in [0.3, 0.4) is 0 Å². The number of hydrogen-bond donors (Lipinski definition) is 1. The number of morpholine rings is 1. The quantitative estimate of drug-likeness (QED) is 0.915. The molecule has 0 aliphatic carbocycles. The zero-order chi connectivity index (χ0) is 17.3. The molecule has 1 aromatic carbocycles. The number of ether oxygens (including phenoxy) is 1. The molecule has 2 aromatic rings. The summed E-state index contributed by atoms with van der Waals surface area (Å²) in [5.74, 6) is 0.305. The number of amides is 1. The van der Waals surface area contributed by atoms with Crippen LogP contribution in [0, 0.1) is 6.92 Å². The predicted molar refractivity (Wildman–Crippen MR) is 79.4 cm³/mol. The van der Waals surface area contributed by atoms with Gasteiger partial charge in [-0.2, -0.15) is 13.2 Å². The van der Waals surface area contributed by atoms with Gasteiger partial charge in [-0.1, -0.05) is 18.2 Å². The highest BCUT2D eigenvalue weighted by molar-refractivity contribution is 5.92. The molecular weight excluding hydrogens is 323 g/mol. The van der Waals surface area contributed by atoms with E-state index in [1.165, 1.54) is 29.3 Å². The average molecular weight is 339 g/mol. The Bertz CT molecular complexity index is 742. The molecule has 0 bridgehead atoms. The molecule has 3 rings (SSSR count). The Morgan fingerprint density at radius 3 is 2.79 bits per heavy atom. The van der Waals surface area contributed by atoms with E-state index in [4.69, 9.17) is 4.74 Å². The first-order valence-corrected chi connectivity index (χ1v) is 7.45. The van der Waals surface area contributed by atoms with Crippen molar-refractivity contribution in [3.05, 3.63) is 53.1 Å². The van der Waals surface area contributed by atoms with Crippen LogP contribution in [0.5, 0.6) is 0 Å². The minimum Gasteiger partial charge on any atom is -0.370 e. The summed E-state index contributed by atoms with van der Waals surface area (Å²) in [5, 5.41) is 0. The molecule has 8 heteroatoms. The van der Waals surface area contributed by atoms with Crippen LogP contribution in [0.2, 0.25) is 0 Å². The molecule has 1 aliphatic heterocycles. The van der Waals surface area contributed by atoms with E-state index in [0.717, 1.165) is 6.07 Å². The van der Waals surface area contributed by atoms with E-state index in [9.17, 15) is 18.0 Å². The molecule has 2 heterocycles. The number of carbonyl (C=O) groups excluding carboxylic acids is 1. The lowest BCUT2D eigenvalue weighted by atomic mass is 10.0. The highest BCUT2D eigenvalue weighted by Gasteiger charge is 2.37. The number of imidazole rings is 1. The summed E-state index contributed by atoms with van der Waals surface area (Å²) < 4.78 is 45.0. The van der Waals surface area contributed by atoms with Crippen LogP contribution in [0.4, 0.5) is 13.2 Å². The van der Waals surface area contributed by atoms with Crippen LogP contribution in [0.25, 0.3) is 0 Å². The average Bonchev–Trinajstić information content (AvgIpc) is 3.00. The van der Waals surface area contributed by atoms with Crippen molar-refractivity contribution in [2.24, 2.45) is 0 Å². The molecule has 24 heavy (non-hydrogen) atoms. The second-order valence-corrected chi connectivity index (χ2v) is 5.58. The second kappa shape index (κ2) is 6.27. The fourth-order valence-electron chi connectivity index (χ4n) is 2.76. The SMILES string of the molecule is Cc1ncc(C(=O)N2CCOC(c3ccccc3C(F)(F)F)C2)[nH]1. The Kier molecular flexibility index (Phi) is 4.31. The minimum atomic E-state index is -4.47. The van der Waals surface area contributed by atoms with Crippen molar-refractivity contribution in [3.8, 4) is 0 Å². The second-order valence-electron chi connectivity index (χ2n) is 5.58. The van der Waals surface area contributed by atoms with E-state index < -0.39 is 17.8 Å². The van der Waals surface area contributed by atoms with Gasteiger partial charge in [0.05, 0.1) is 24.9 Å². The Hall–Kier alpha value is -2.35. The number of rotatable bonds is 2. The number of hydrogen-bond acceptors (Lipinski definition) is 3. The minimum absolute atomic E-state index is 0.0447. The van der Waals surface area contributed by atoms with Gasteiger partial charge in [0, 0.05) is 6.54 Å². The zero-order valence-corrected chi connectivity index (χ0v) is 12.9. The van der Waals surface area contributed by atoms with Crippen LogP contribution < -0.4 is 0 Å². The zero-order valence-electron chi connectivity index (χ0n) is 12.9. The van der Waals surface area contributed by atoms with Crippen molar-refractivity contribution >= 4 is 5.91 Å². The summed E-state index contributed by atoms with van der Waals surface area (Å²) in [6.07, 6.45) is -3.86. The molecular formula is C16H16F3N3O2. The van der Waals surface area contributed by atoms with Gasteiger partial charge in [0.15, 0.2) is 0 Å². The Morgan fingerprint density at radius 2 is 2.12 bits per heavy atom. The number of aromatic nitrogens is 2. The normalized spacial score (nSPS) is 18.7. The number of aryl methyl sites for hydroxylation is 1. The van der Waals surface area contributed by atoms with E-state index in [2.05, 4.69) is 9.97 Å². The summed E-state index contributed by atoms with van der Waals surface area (Å²) in [6.45, 7) is 2.28. The number of aromatic amines is 1. The van der Waals surface area contributed by atoms with Gasteiger partial charge >= 0.3 is 6.18 Å². The Balaban J connectivity index is 1.83. The first-order valence-electron chi connectivity index (χ1n) is 7.45. The van der Waals surface area contributed by atoms with Gasteiger partial charge in [-0.05, 0) is 18.6 Å². The van der Waals surface area contributed by atoms with Crippen LogP contribution >= 0.6 is 0 Å². The largest absolute Gasteiger partial charge is 0.416 e. The number of carbonyl (C=O) groups is 1. The number of nitrogens with one attached hydrogen (secondary N) is 1. The van der Waals surface area contributed by atoms with Gasteiger partial charge in [-0.15, -0.1) is 0 Å². The van der Waals surface area contributed by atoms with Gasteiger partial charge in [0.25, 0.3) is 5.91 Å². The van der Waals surface area contributed by atoms with E-state index in [-0.39, 0.29) is 24.6 Å². The summed E-state index contributed by atoms with van der Waals surface area (Å²) in [7, 11) is 0. The highest BCUT2D eigenvalue weighted by Crippen LogP contribution is 2.36. The lowest BCUT2D eigenvalue weighted by Gasteiger charge is -2.33. The standard InChI is InChI=1S/C16H16F3N3O2/c1-10-20-8-13(21-10)15(23)22-6-7-24-14(9-22)11-4-2-3-5-12(11)16(17,18)19/h2-5,8,14H,6-7,9H2,1H3,(H,20,21). The van der Waals surface area contributed by atoms with E-state index in [1.54, 1.807) is 6.92 Å². The van der Waals surface area contributed by atoms with Gasteiger partial charge in [0.2, 0.25) is 0 Å². The highest BCUT2D eigenvalue weighted by atomic mass is 19.4. The first-order chi connectivity index (χ1) is 11.4. The lowest BCUT2D eigenvalue weighted by molar-refractivity contribution is -0.140. The van der Waals surface area contributed by atoms with Gasteiger partial charge in [0.1, 0.15) is 17.6 Å². The molecule has 1 atom stereocenters. The molecule has 0 radical (unpaired) electrons. The van der Waals surface area contributed by atoms with Crippen molar-refractivity contribution in [3.63, 3.8) is 0 Å². The summed E-state index contributed by atoms with van der Waals surface area (Å²) in [6, 6.07) is 5.29. The predicted octanol–water partition coefficient (Wildman–Crippen LogP) is 2.95. The first kappa shape index (κ1) is 16.5. The number of H-pyrrole nitrogens is 1. The van der Waals surface area contributed by atoms with Crippen molar-refractivity contribution in [1.29, 1.82) is 0 Å². The van der Waals surface area contributed by atoms with Crippen LogP contribution in [0.1, 0.15) is 33.5 Å². The van der Waals surface area contributed by atoms with Gasteiger partial charge in [-0.3, -0.25) is 4.79 Å². The topological polar surface area (TPSA) is 58.2 Å². The third-order valence-corrected chi connectivity index (χ3v) is 3.90. The molecule has 1 unspecified atom stereocenters. The van der Waals surface area contributed by atoms with Crippen LogP contribution in [0.15, 0.2) is 30.5 Å². The summed E-state index contributed by atoms with van der Waals surface area (Å²) in [4.78, 5) is 20.7. The molecule has 0 spiro atoms. The number of alkyl halides is 3. The van der Waals surface area contributed by atoms with Crippen molar-refractivity contribution in [2.45, 2.75) is 19.2 Å². The molecule has 1 aliphatic rings. The van der Waals surface area contributed by atoms with E-state index in [1.807, 2.05) is 0 Å². The Labute approximate surface area is 136 Å². The summed E-state index contributed by atoms with van der Waals surface area (Å²) >= 11 is 0. The fourth-order valence-corrected chi connectivity index (χ4v) is 2.76. The number of nitrogens with zero attached hydrogens (tertiary/aromatic N) is 2. The maximum atomic E-state index is 13.2. The monoisotopic (exact) mass is 339 g/mol. The van der Waals surface area contributed by atoms with E-state index in [0.29, 0.717) is 18.1 Å². The number of halogens is 3. The summed E-state index contributed by atoms with van der Waals surface area (Å²) in [5.41, 5.74) is -0.373. The molecule has 128 valence electrons. The third kappa shape index (κ3) is 3.28. The lowest BCUT2D eigenvalue weighted by Crippen LogP contribution is -2.42. The van der Waals surface area contributed by atoms with E-state index >= 15 is 0 Å². The molecule has 1 fully saturated rings. The third-order valence-electron chi connectivity index (χ3n) is 3.90. The van der Waals surface area contributed by atoms with Gasteiger partial charge in [-0.25, -0.2) is 4.98 Å². The maximum absolute atomic E-state index is 13.2.